The van der Waals surface area contributed by atoms with Crippen LogP contribution >= 0.6 is 0 Å². The van der Waals surface area contributed by atoms with E-state index < -0.39 is 5.97 Å². The van der Waals surface area contributed by atoms with Crippen LogP contribution in [0.3, 0.4) is 0 Å². The molecular weight excluding hydrogens is 332 g/mol. The molecule has 26 heavy (non-hydrogen) atoms. The number of hydrogen-bond acceptors (Lipinski definition) is 4. The summed E-state index contributed by atoms with van der Waals surface area (Å²) >= 11 is 0. The van der Waals surface area contributed by atoms with Crippen molar-refractivity contribution in [3.05, 3.63) is 23.8 Å². The molecule has 1 atom stereocenters. The van der Waals surface area contributed by atoms with Gasteiger partial charge in [0.2, 0.25) is 0 Å². The number of ether oxygens (including phenoxy) is 2. The SMILES string of the molecule is COCCCOc1cc(CC(CCCCCC(=O)O)C(C)C)ccc1O. The normalized spacial score (nSPS) is 12.3. The molecule has 0 aromatic heterocycles. The van der Waals surface area contributed by atoms with Crippen molar-refractivity contribution in [2.75, 3.05) is 20.3 Å². The highest BCUT2D eigenvalue weighted by molar-refractivity contribution is 5.66. The molecule has 0 aliphatic rings. The highest BCUT2D eigenvalue weighted by atomic mass is 16.5. The number of rotatable bonds is 14. The second-order valence-electron chi connectivity index (χ2n) is 7.20. The fourth-order valence-electron chi connectivity index (χ4n) is 3.02. The fraction of sp³-hybridized carbons (Fsp3) is 0.667. The van der Waals surface area contributed by atoms with Crippen LogP contribution in [-0.4, -0.2) is 36.5 Å². The van der Waals surface area contributed by atoms with Gasteiger partial charge in [0.15, 0.2) is 11.5 Å². The Bertz CT molecular complexity index is 527. The van der Waals surface area contributed by atoms with Crippen molar-refractivity contribution < 1.29 is 24.5 Å². The number of carboxylic acids is 1. The number of phenols is 1. The standard InChI is InChI=1S/C21H34O5/c1-16(2)18(8-5-4-6-9-21(23)24)14-17-10-11-19(22)20(15-17)26-13-7-12-25-3/h10-11,15-16,18,22H,4-9,12-14H2,1-3H3,(H,23,24). The molecule has 148 valence electrons. The van der Waals surface area contributed by atoms with Crippen LogP contribution in [0.15, 0.2) is 18.2 Å². The Balaban J connectivity index is 2.54. The van der Waals surface area contributed by atoms with Crippen LogP contribution in [-0.2, 0) is 16.0 Å². The molecule has 0 bridgehead atoms. The molecule has 0 fully saturated rings. The van der Waals surface area contributed by atoms with Gasteiger partial charge in [-0.15, -0.1) is 0 Å². The second-order valence-corrected chi connectivity index (χ2v) is 7.20. The lowest BCUT2D eigenvalue weighted by Crippen LogP contribution is -2.12. The smallest absolute Gasteiger partial charge is 0.303 e. The maximum atomic E-state index is 10.6. The van der Waals surface area contributed by atoms with Gasteiger partial charge in [0.1, 0.15) is 0 Å². The van der Waals surface area contributed by atoms with Crippen molar-refractivity contribution >= 4 is 5.97 Å². The maximum absolute atomic E-state index is 10.6. The molecule has 5 nitrogen and oxygen atoms in total. The van der Waals surface area contributed by atoms with Gasteiger partial charge in [-0.05, 0) is 48.8 Å². The highest BCUT2D eigenvalue weighted by Gasteiger charge is 2.15. The summed E-state index contributed by atoms with van der Waals surface area (Å²) in [4.78, 5) is 10.6. The molecule has 0 aliphatic heterocycles. The molecule has 0 radical (unpaired) electrons. The van der Waals surface area contributed by atoms with Gasteiger partial charge in [0, 0.05) is 26.6 Å². The quantitative estimate of drug-likeness (QED) is 0.468. The zero-order chi connectivity index (χ0) is 19.4. The summed E-state index contributed by atoms with van der Waals surface area (Å²) in [5.41, 5.74) is 1.16. The van der Waals surface area contributed by atoms with Crippen molar-refractivity contribution in [2.45, 2.75) is 58.8 Å². The number of aliphatic carboxylic acids is 1. The molecule has 2 N–H and O–H groups in total. The summed E-state index contributed by atoms with van der Waals surface area (Å²) in [6.45, 7) is 5.61. The number of carboxylic acid groups (broad SMARTS) is 1. The third-order valence-electron chi connectivity index (χ3n) is 4.68. The molecule has 1 unspecified atom stereocenters. The van der Waals surface area contributed by atoms with Crippen molar-refractivity contribution in [3.63, 3.8) is 0 Å². The number of carbonyl (C=O) groups is 1. The lowest BCUT2D eigenvalue weighted by atomic mass is 9.85. The third kappa shape index (κ3) is 9.09. The van der Waals surface area contributed by atoms with Gasteiger partial charge in [0.25, 0.3) is 0 Å². The van der Waals surface area contributed by atoms with Crippen LogP contribution in [0.2, 0.25) is 0 Å². The topological polar surface area (TPSA) is 76.0 Å². The first-order chi connectivity index (χ1) is 12.4. The van der Waals surface area contributed by atoms with Gasteiger partial charge in [-0.2, -0.15) is 0 Å². The summed E-state index contributed by atoms with van der Waals surface area (Å²) in [7, 11) is 1.66. The number of unbranched alkanes of at least 4 members (excludes halogenated alkanes) is 2. The average molecular weight is 366 g/mol. The van der Waals surface area contributed by atoms with E-state index in [2.05, 4.69) is 13.8 Å². The van der Waals surface area contributed by atoms with E-state index in [1.807, 2.05) is 12.1 Å². The first kappa shape index (κ1) is 22.3. The molecule has 0 aliphatic carbocycles. The Morgan fingerprint density at radius 1 is 1.12 bits per heavy atom. The van der Waals surface area contributed by atoms with Crippen molar-refractivity contribution in [2.24, 2.45) is 11.8 Å². The highest BCUT2D eigenvalue weighted by Crippen LogP contribution is 2.30. The van der Waals surface area contributed by atoms with E-state index in [1.54, 1.807) is 13.2 Å². The molecule has 0 saturated heterocycles. The third-order valence-corrected chi connectivity index (χ3v) is 4.68. The van der Waals surface area contributed by atoms with E-state index in [0.29, 0.717) is 30.8 Å². The number of benzene rings is 1. The molecule has 1 aromatic rings. The minimum absolute atomic E-state index is 0.168. The lowest BCUT2D eigenvalue weighted by molar-refractivity contribution is -0.137. The molecular formula is C21H34O5. The van der Waals surface area contributed by atoms with Crippen LogP contribution in [0, 0.1) is 11.8 Å². The molecule has 5 heteroatoms. The van der Waals surface area contributed by atoms with Crippen molar-refractivity contribution in [1.82, 2.24) is 0 Å². The molecule has 0 amide bonds. The number of phenolic OH excluding ortho intramolecular Hbond substituents is 1. The van der Waals surface area contributed by atoms with Gasteiger partial charge in [-0.3, -0.25) is 4.79 Å². The Morgan fingerprint density at radius 2 is 1.88 bits per heavy atom. The Labute approximate surface area is 157 Å². The summed E-state index contributed by atoms with van der Waals surface area (Å²) in [6, 6.07) is 5.59. The number of hydrogen-bond donors (Lipinski definition) is 2. The fourth-order valence-corrected chi connectivity index (χ4v) is 3.02. The minimum atomic E-state index is -0.715. The van der Waals surface area contributed by atoms with E-state index >= 15 is 0 Å². The monoisotopic (exact) mass is 366 g/mol. The van der Waals surface area contributed by atoms with E-state index in [0.717, 1.165) is 44.1 Å². The minimum Gasteiger partial charge on any atom is -0.504 e. The summed E-state index contributed by atoms with van der Waals surface area (Å²) in [5, 5.41) is 18.7. The van der Waals surface area contributed by atoms with E-state index in [9.17, 15) is 9.90 Å². The number of methoxy groups -OCH3 is 1. The lowest BCUT2D eigenvalue weighted by Gasteiger charge is -2.21. The van der Waals surface area contributed by atoms with Crippen LogP contribution in [0.25, 0.3) is 0 Å². The Kier molecular flexibility index (Phi) is 10.8. The van der Waals surface area contributed by atoms with Crippen molar-refractivity contribution in [3.8, 4) is 11.5 Å². The van der Waals surface area contributed by atoms with Gasteiger partial charge in [-0.25, -0.2) is 0 Å². The predicted octanol–water partition coefficient (Wildman–Crippen LogP) is 4.66. The van der Waals surface area contributed by atoms with Crippen LogP contribution in [0.4, 0.5) is 0 Å². The van der Waals surface area contributed by atoms with E-state index in [4.69, 9.17) is 14.6 Å². The Morgan fingerprint density at radius 3 is 2.54 bits per heavy atom. The molecule has 0 heterocycles. The first-order valence-electron chi connectivity index (χ1n) is 9.59. The molecule has 0 saturated carbocycles. The van der Waals surface area contributed by atoms with Crippen LogP contribution in [0.5, 0.6) is 11.5 Å². The zero-order valence-electron chi connectivity index (χ0n) is 16.4. The summed E-state index contributed by atoms with van der Waals surface area (Å²) in [5.74, 6) is 1.07. The van der Waals surface area contributed by atoms with Gasteiger partial charge in [-0.1, -0.05) is 32.8 Å². The van der Waals surface area contributed by atoms with E-state index in [1.165, 1.54) is 0 Å². The average Bonchev–Trinajstić information content (AvgIpc) is 2.59. The van der Waals surface area contributed by atoms with Gasteiger partial charge in [0.05, 0.1) is 6.61 Å². The van der Waals surface area contributed by atoms with Gasteiger partial charge < -0.3 is 19.7 Å². The second kappa shape index (κ2) is 12.6. The number of aromatic hydroxyl groups is 1. The molecule has 1 aromatic carbocycles. The maximum Gasteiger partial charge on any atom is 0.303 e. The van der Waals surface area contributed by atoms with Crippen molar-refractivity contribution in [1.29, 1.82) is 0 Å². The predicted molar refractivity (Wildman–Crippen MR) is 103 cm³/mol. The first-order valence-corrected chi connectivity index (χ1v) is 9.59. The largest absolute Gasteiger partial charge is 0.504 e. The molecule has 0 spiro atoms. The molecule has 1 rings (SSSR count). The summed E-state index contributed by atoms with van der Waals surface area (Å²) < 4.78 is 10.7. The van der Waals surface area contributed by atoms with E-state index in [-0.39, 0.29) is 12.2 Å². The van der Waals surface area contributed by atoms with Crippen LogP contribution in [0.1, 0.15) is 57.9 Å². The Hall–Kier alpha value is -1.75. The van der Waals surface area contributed by atoms with Gasteiger partial charge >= 0.3 is 5.97 Å². The zero-order valence-corrected chi connectivity index (χ0v) is 16.4. The summed E-state index contributed by atoms with van der Waals surface area (Å²) in [6.07, 6.45) is 5.82. The van der Waals surface area contributed by atoms with Crippen LogP contribution < -0.4 is 4.74 Å².